The molecule has 1 N–H and O–H groups in total. The Labute approximate surface area is 120 Å². The van der Waals surface area contributed by atoms with Crippen molar-refractivity contribution >= 4 is 21.6 Å². The van der Waals surface area contributed by atoms with Crippen LogP contribution in [0.5, 0.6) is 0 Å². The maximum absolute atomic E-state index is 12.0. The first-order valence-electron chi connectivity index (χ1n) is 6.90. The highest BCUT2D eigenvalue weighted by Crippen LogP contribution is 2.33. The predicted molar refractivity (Wildman–Crippen MR) is 82.3 cm³/mol. The van der Waals surface area contributed by atoms with Crippen molar-refractivity contribution in [2.45, 2.75) is 25.7 Å². The van der Waals surface area contributed by atoms with Crippen molar-refractivity contribution in [2.75, 3.05) is 0 Å². The van der Waals surface area contributed by atoms with Gasteiger partial charge in [0.1, 0.15) is 4.83 Å². The van der Waals surface area contributed by atoms with Crippen LogP contribution in [0.1, 0.15) is 24.0 Å². The Balaban J connectivity index is 1.93. The SMILES string of the molecule is O=c1[nH]cnc2scc(-c3ccc4c(c3)CCCC4)c12. The molecule has 3 aromatic rings. The Morgan fingerprint density at radius 1 is 1.15 bits per heavy atom. The topological polar surface area (TPSA) is 45.8 Å². The summed E-state index contributed by atoms with van der Waals surface area (Å²) in [5, 5.41) is 2.76. The van der Waals surface area contributed by atoms with E-state index in [0.29, 0.717) is 5.39 Å². The lowest BCUT2D eigenvalue weighted by Gasteiger charge is -2.16. The lowest BCUT2D eigenvalue weighted by molar-refractivity contribution is 0.686. The van der Waals surface area contributed by atoms with E-state index in [4.69, 9.17) is 0 Å². The lowest BCUT2D eigenvalue weighted by atomic mass is 9.89. The first-order valence-corrected chi connectivity index (χ1v) is 7.78. The van der Waals surface area contributed by atoms with Crippen LogP contribution in [0.3, 0.4) is 0 Å². The zero-order chi connectivity index (χ0) is 13.5. The highest BCUT2D eigenvalue weighted by molar-refractivity contribution is 7.17. The van der Waals surface area contributed by atoms with Crippen LogP contribution in [-0.4, -0.2) is 9.97 Å². The van der Waals surface area contributed by atoms with Gasteiger partial charge in [0.05, 0.1) is 11.7 Å². The third-order valence-corrected chi connectivity index (χ3v) is 4.92. The summed E-state index contributed by atoms with van der Waals surface area (Å²) >= 11 is 1.53. The molecule has 100 valence electrons. The van der Waals surface area contributed by atoms with E-state index in [2.05, 4.69) is 28.2 Å². The second-order valence-corrected chi connectivity index (χ2v) is 6.11. The molecule has 4 rings (SSSR count). The normalized spacial score (nSPS) is 14.4. The third-order valence-electron chi connectivity index (χ3n) is 4.04. The monoisotopic (exact) mass is 282 g/mol. The molecule has 1 aliphatic carbocycles. The van der Waals surface area contributed by atoms with E-state index in [1.807, 2.05) is 5.38 Å². The summed E-state index contributed by atoms with van der Waals surface area (Å²) in [6.45, 7) is 0. The zero-order valence-corrected chi connectivity index (χ0v) is 11.8. The van der Waals surface area contributed by atoms with Gasteiger partial charge >= 0.3 is 0 Å². The van der Waals surface area contributed by atoms with Crippen molar-refractivity contribution < 1.29 is 0 Å². The smallest absolute Gasteiger partial charge is 0.260 e. The molecule has 4 heteroatoms. The van der Waals surface area contributed by atoms with E-state index in [0.717, 1.165) is 22.4 Å². The Kier molecular flexibility index (Phi) is 2.70. The quantitative estimate of drug-likeness (QED) is 0.742. The van der Waals surface area contributed by atoms with Crippen LogP contribution < -0.4 is 5.56 Å². The Morgan fingerprint density at radius 3 is 2.90 bits per heavy atom. The molecule has 2 heterocycles. The van der Waals surface area contributed by atoms with Crippen LogP contribution in [0.2, 0.25) is 0 Å². The van der Waals surface area contributed by atoms with E-state index in [1.165, 1.54) is 48.1 Å². The van der Waals surface area contributed by atoms with Crippen LogP contribution in [0, 0.1) is 0 Å². The standard InChI is InChI=1S/C16H14N2OS/c19-15-14-13(8-20-16(14)18-9-17-15)12-6-5-10-3-1-2-4-11(10)7-12/h5-9H,1-4H2,(H,17,18,19). The number of aromatic nitrogens is 2. The number of rotatable bonds is 1. The average molecular weight is 282 g/mol. The number of H-pyrrole nitrogens is 1. The molecule has 0 saturated carbocycles. The van der Waals surface area contributed by atoms with E-state index < -0.39 is 0 Å². The first-order chi connectivity index (χ1) is 9.83. The van der Waals surface area contributed by atoms with Gasteiger partial charge in [-0.15, -0.1) is 11.3 Å². The molecule has 3 nitrogen and oxygen atoms in total. The molecule has 0 atom stereocenters. The zero-order valence-electron chi connectivity index (χ0n) is 11.0. The van der Waals surface area contributed by atoms with E-state index in [9.17, 15) is 4.79 Å². The number of nitrogens with one attached hydrogen (secondary N) is 1. The number of thiophene rings is 1. The molecule has 0 amide bonds. The lowest BCUT2D eigenvalue weighted by Crippen LogP contribution is -2.06. The van der Waals surface area contributed by atoms with Crippen molar-refractivity contribution in [2.24, 2.45) is 0 Å². The van der Waals surface area contributed by atoms with Gasteiger partial charge in [-0.3, -0.25) is 4.79 Å². The van der Waals surface area contributed by atoms with Gasteiger partial charge in [-0.05, 0) is 42.4 Å². The van der Waals surface area contributed by atoms with Gasteiger partial charge in [0.15, 0.2) is 0 Å². The van der Waals surface area contributed by atoms with Gasteiger partial charge in [-0.25, -0.2) is 4.98 Å². The van der Waals surface area contributed by atoms with Crippen LogP contribution in [0.25, 0.3) is 21.3 Å². The van der Waals surface area contributed by atoms with Crippen molar-refractivity contribution in [1.82, 2.24) is 9.97 Å². The third kappa shape index (κ3) is 1.79. The van der Waals surface area contributed by atoms with Crippen LogP contribution in [0.4, 0.5) is 0 Å². The van der Waals surface area contributed by atoms with Crippen molar-refractivity contribution in [1.29, 1.82) is 0 Å². The van der Waals surface area contributed by atoms with Crippen molar-refractivity contribution in [3.05, 3.63) is 51.4 Å². The van der Waals surface area contributed by atoms with Crippen molar-refractivity contribution in [3.8, 4) is 11.1 Å². The molecular weight excluding hydrogens is 268 g/mol. The summed E-state index contributed by atoms with van der Waals surface area (Å²) in [6, 6.07) is 6.61. The van der Waals surface area contributed by atoms with Crippen LogP contribution in [0.15, 0.2) is 34.7 Å². The Hall–Kier alpha value is -1.94. The highest BCUT2D eigenvalue weighted by Gasteiger charge is 2.14. The van der Waals surface area contributed by atoms with E-state index in [-0.39, 0.29) is 5.56 Å². The van der Waals surface area contributed by atoms with Gasteiger partial charge < -0.3 is 4.98 Å². The molecule has 0 fully saturated rings. The number of hydrogen-bond donors (Lipinski definition) is 1. The van der Waals surface area contributed by atoms with E-state index in [1.54, 1.807) is 0 Å². The summed E-state index contributed by atoms with van der Waals surface area (Å²) in [6.07, 6.45) is 6.36. The second-order valence-electron chi connectivity index (χ2n) is 5.25. The number of hydrogen-bond acceptors (Lipinski definition) is 3. The summed E-state index contributed by atoms with van der Waals surface area (Å²) in [5.74, 6) is 0. The average Bonchev–Trinajstić information content (AvgIpc) is 2.92. The molecule has 0 radical (unpaired) electrons. The first kappa shape index (κ1) is 11.9. The predicted octanol–water partition coefficient (Wildman–Crippen LogP) is 3.53. The molecule has 20 heavy (non-hydrogen) atoms. The summed E-state index contributed by atoms with van der Waals surface area (Å²) in [7, 11) is 0. The van der Waals surface area contributed by atoms with Crippen LogP contribution >= 0.6 is 11.3 Å². The molecule has 2 aromatic heterocycles. The van der Waals surface area contributed by atoms with Crippen LogP contribution in [-0.2, 0) is 12.8 Å². The molecule has 0 bridgehead atoms. The number of nitrogens with zero attached hydrogens (tertiary/aromatic N) is 1. The Bertz CT molecular complexity index is 847. The molecule has 0 unspecified atom stereocenters. The summed E-state index contributed by atoms with van der Waals surface area (Å²) < 4.78 is 0. The van der Waals surface area contributed by atoms with Gasteiger partial charge in [0, 0.05) is 10.9 Å². The molecule has 1 aromatic carbocycles. The van der Waals surface area contributed by atoms with Gasteiger partial charge in [0.2, 0.25) is 0 Å². The largest absolute Gasteiger partial charge is 0.313 e. The highest BCUT2D eigenvalue weighted by atomic mass is 32.1. The molecule has 1 aliphatic rings. The minimum Gasteiger partial charge on any atom is -0.313 e. The second kappa shape index (κ2) is 4.56. The maximum Gasteiger partial charge on any atom is 0.260 e. The maximum atomic E-state index is 12.0. The fourth-order valence-electron chi connectivity index (χ4n) is 3.00. The number of fused-ring (bicyclic) bond motifs is 2. The number of aromatic amines is 1. The summed E-state index contributed by atoms with van der Waals surface area (Å²) in [4.78, 5) is 19.8. The minimum absolute atomic E-state index is 0.0519. The fraction of sp³-hybridized carbons (Fsp3) is 0.250. The van der Waals surface area contributed by atoms with Gasteiger partial charge in [0.25, 0.3) is 5.56 Å². The molecular formula is C16H14N2OS. The van der Waals surface area contributed by atoms with Gasteiger partial charge in [-0.2, -0.15) is 0 Å². The van der Waals surface area contributed by atoms with Gasteiger partial charge in [-0.1, -0.05) is 18.2 Å². The number of benzene rings is 1. The van der Waals surface area contributed by atoms with E-state index >= 15 is 0 Å². The molecule has 0 saturated heterocycles. The minimum atomic E-state index is -0.0519. The molecule has 0 aliphatic heterocycles. The fourth-order valence-corrected chi connectivity index (χ4v) is 3.91. The summed E-state index contributed by atoms with van der Waals surface area (Å²) in [5.41, 5.74) is 4.99. The molecule has 0 spiro atoms. The van der Waals surface area contributed by atoms with Crippen molar-refractivity contribution in [3.63, 3.8) is 0 Å². The number of aryl methyl sites for hydroxylation is 2. The Morgan fingerprint density at radius 2 is 2.00 bits per heavy atom.